The molecule has 0 bridgehead atoms. The van der Waals surface area contributed by atoms with Crippen molar-refractivity contribution in [1.29, 1.82) is 0 Å². The largest absolute Gasteiger partial charge is 0.508 e. The number of phenols is 1. The molecule has 1 atom stereocenters. The average molecular weight is 508 g/mol. The summed E-state index contributed by atoms with van der Waals surface area (Å²) in [5.41, 5.74) is 6.34. The van der Waals surface area contributed by atoms with E-state index in [0.717, 1.165) is 70.2 Å². The minimum atomic E-state index is -0.274. The molecule has 0 amide bonds. The van der Waals surface area contributed by atoms with Crippen LogP contribution in [-0.2, 0) is 0 Å². The second kappa shape index (κ2) is 10.9. The molecule has 1 N–H and O–H groups in total. The van der Waals surface area contributed by atoms with E-state index in [1.807, 2.05) is 37.3 Å². The molecule has 0 saturated carbocycles. The highest BCUT2D eigenvalue weighted by Gasteiger charge is 2.25. The zero-order valence-corrected chi connectivity index (χ0v) is 21.2. The topological polar surface area (TPSA) is 41.9 Å². The van der Waals surface area contributed by atoms with E-state index in [-0.39, 0.29) is 18.5 Å². The molecule has 0 spiro atoms. The number of phenolic OH excluding ortho intramolecular Hbond substituents is 1. The lowest BCUT2D eigenvalue weighted by atomic mass is 9.86. The van der Waals surface area contributed by atoms with Crippen LogP contribution in [0.5, 0.6) is 17.2 Å². The van der Waals surface area contributed by atoms with E-state index in [2.05, 4.69) is 23.1 Å². The molecular formula is C30H31ClFNO3. The number of alkyl halides is 1. The Labute approximate surface area is 216 Å². The van der Waals surface area contributed by atoms with Gasteiger partial charge < -0.3 is 14.6 Å². The summed E-state index contributed by atoms with van der Waals surface area (Å²) >= 11 is 6.50. The summed E-state index contributed by atoms with van der Waals surface area (Å²) in [5, 5.41) is 10.8. The quantitative estimate of drug-likeness (QED) is 0.377. The summed E-state index contributed by atoms with van der Waals surface area (Å²) < 4.78 is 24.8. The molecule has 3 aromatic rings. The number of benzene rings is 3. The monoisotopic (exact) mass is 507 g/mol. The Kier molecular flexibility index (Phi) is 7.49. The van der Waals surface area contributed by atoms with Gasteiger partial charge in [0.05, 0.1) is 13.3 Å². The van der Waals surface area contributed by atoms with Crippen molar-refractivity contribution >= 4 is 22.7 Å². The molecular weight excluding hydrogens is 477 g/mol. The van der Waals surface area contributed by atoms with Crippen LogP contribution in [0.1, 0.15) is 41.5 Å². The highest BCUT2D eigenvalue weighted by atomic mass is 35.5. The maximum Gasteiger partial charge on any atom is 0.130 e. The van der Waals surface area contributed by atoms with E-state index >= 15 is 0 Å². The van der Waals surface area contributed by atoms with Gasteiger partial charge in [-0.3, -0.25) is 9.29 Å². The van der Waals surface area contributed by atoms with E-state index in [1.54, 1.807) is 12.1 Å². The van der Waals surface area contributed by atoms with Crippen LogP contribution in [0.2, 0.25) is 5.02 Å². The molecule has 4 nitrogen and oxygen atoms in total. The molecule has 36 heavy (non-hydrogen) atoms. The highest BCUT2D eigenvalue weighted by molar-refractivity contribution is 6.31. The van der Waals surface area contributed by atoms with Crippen LogP contribution in [0.25, 0.3) is 11.1 Å². The van der Waals surface area contributed by atoms with Crippen LogP contribution in [0.4, 0.5) is 4.39 Å². The fourth-order valence-electron chi connectivity index (χ4n) is 5.19. The second-order valence-electron chi connectivity index (χ2n) is 9.44. The van der Waals surface area contributed by atoms with Crippen LogP contribution in [-0.4, -0.2) is 49.0 Å². The lowest BCUT2D eigenvalue weighted by Gasteiger charge is -2.19. The average Bonchev–Trinajstić information content (AvgIpc) is 3.24. The summed E-state index contributed by atoms with van der Waals surface area (Å²) in [7, 11) is 0. The molecule has 0 aliphatic carbocycles. The van der Waals surface area contributed by atoms with E-state index in [1.165, 1.54) is 0 Å². The second-order valence-corrected chi connectivity index (χ2v) is 9.85. The first-order valence-corrected chi connectivity index (χ1v) is 12.9. The molecule has 0 radical (unpaired) electrons. The van der Waals surface area contributed by atoms with Crippen LogP contribution in [0, 0.1) is 6.92 Å². The standard InChI is InChI=1S/C30H31ClFNO3/c1-20-25(4-2-5-28(20)31)26-13-17-35-29-18-22(34)8-11-27(29)30(26)21-6-9-23(10-7-21)36-24-12-16-33(19-24)15-3-14-32/h2,4-11,18,24,34H,3,12-17,19H2,1H3/t24-/m0/s1. The normalized spacial score (nSPS) is 18.0. The molecule has 2 heterocycles. The van der Waals surface area contributed by atoms with Gasteiger partial charge in [-0.05, 0) is 77.9 Å². The number of likely N-dealkylation sites (tertiary alicyclic amines) is 1. The van der Waals surface area contributed by atoms with Gasteiger partial charge in [0, 0.05) is 42.7 Å². The number of rotatable bonds is 7. The van der Waals surface area contributed by atoms with E-state index in [0.29, 0.717) is 25.2 Å². The first kappa shape index (κ1) is 24.7. The fraction of sp³-hybridized carbons (Fsp3) is 0.333. The van der Waals surface area contributed by atoms with Crippen LogP contribution in [0.15, 0.2) is 60.7 Å². The lowest BCUT2D eigenvalue weighted by molar-refractivity contribution is 0.198. The van der Waals surface area contributed by atoms with E-state index in [9.17, 15) is 9.50 Å². The predicted molar refractivity (Wildman–Crippen MR) is 143 cm³/mol. The van der Waals surface area contributed by atoms with Crippen molar-refractivity contribution in [2.45, 2.75) is 32.3 Å². The number of hydrogen-bond donors (Lipinski definition) is 1. The van der Waals surface area contributed by atoms with Crippen molar-refractivity contribution in [3.63, 3.8) is 0 Å². The summed E-state index contributed by atoms with van der Waals surface area (Å²) in [6.45, 7) is 4.83. The van der Waals surface area contributed by atoms with Crippen molar-refractivity contribution in [2.75, 3.05) is 32.9 Å². The molecule has 2 aliphatic heterocycles. The maximum atomic E-state index is 12.5. The fourth-order valence-corrected chi connectivity index (χ4v) is 5.37. The molecule has 0 unspecified atom stereocenters. The number of halogens is 2. The van der Waals surface area contributed by atoms with Crippen molar-refractivity contribution in [3.05, 3.63) is 87.9 Å². The van der Waals surface area contributed by atoms with Gasteiger partial charge in [0.1, 0.15) is 23.4 Å². The van der Waals surface area contributed by atoms with Gasteiger partial charge in [-0.25, -0.2) is 0 Å². The third kappa shape index (κ3) is 5.23. The molecule has 5 rings (SSSR count). The predicted octanol–water partition coefficient (Wildman–Crippen LogP) is 6.91. The first-order valence-electron chi connectivity index (χ1n) is 12.5. The number of fused-ring (bicyclic) bond motifs is 1. The zero-order valence-electron chi connectivity index (χ0n) is 20.5. The van der Waals surface area contributed by atoms with Gasteiger partial charge in [-0.15, -0.1) is 0 Å². The van der Waals surface area contributed by atoms with Crippen LogP contribution >= 0.6 is 11.6 Å². The molecule has 3 aromatic carbocycles. The van der Waals surface area contributed by atoms with Crippen LogP contribution in [0.3, 0.4) is 0 Å². The maximum absolute atomic E-state index is 12.5. The number of hydrogen-bond acceptors (Lipinski definition) is 4. The third-order valence-electron chi connectivity index (χ3n) is 7.02. The van der Waals surface area contributed by atoms with Gasteiger partial charge in [0.2, 0.25) is 0 Å². The number of aromatic hydroxyl groups is 1. The Hall–Kier alpha value is -3.02. The van der Waals surface area contributed by atoms with Gasteiger partial charge in [-0.1, -0.05) is 35.9 Å². The Balaban J connectivity index is 1.50. The summed E-state index contributed by atoms with van der Waals surface area (Å²) in [4.78, 5) is 2.26. The first-order chi connectivity index (χ1) is 17.5. The zero-order chi connectivity index (χ0) is 25.1. The van der Waals surface area contributed by atoms with Crippen molar-refractivity contribution in [2.24, 2.45) is 0 Å². The lowest BCUT2D eigenvalue weighted by Crippen LogP contribution is -2.26. The molecule has 1 saturated heterocycles. The minimum absolute atomic E-state index is 0.120. The van der Waals surface area contributed by atoms with Crippen molar-refractivity contribution < 1.29 is 19.0 Å². The van der Waals surface area contributed by atoms with Crippen LogP contribution < -0.4 is 9.47 Å². The smallest absolute Gasteiger partial charge is 0.130 e. The SMILES string of the molecule is Cc1c(Cl)cccc1C1=C(c2ccc(O[C@H]3CCN(CCCF)C3)cc2)c2ccc(O)cc2OCC1. The molecule has 2 aliphatic rings. The Morgan fingerprint density at radius 1 is 1.11 bits per heavy atom. The minimum Gasteiger partial charge on any atom is -0.508 e. The molecule has 1 fully saturated rings. The highest BCUT2D eigenvalue weighted by Crippen LogP contribution is 2.43. The third-order valence-corrected chi connectivity index (χ3v) is 7.43. The Morgan fingerprint density at radius 2 is 1.94 bits per heavy atom. The molecule has 0 aromatic heterocycles. The van der Waals surface area contributed by atoms with Crippen molar-refractivity contribution in [1.82, 2.24) is 4.90 Å². The van der Waals surface area contributed by atoms with Gasteiger partial charge in [0.25, 0.3) is 0 Å². The summed E-state index contributed by atoms with van der Waals surface area (Å²) in [6, 6.07) is 19.5. The molecule has 6 heteroatoms. The van der Waals surface area contributed by atoms with Gasteiger partial charge >= 0.3 is 0 Å². The van der Waals surface area contributed by atoms with Gasteiger partial charge in [-0.2, -0.15) is 0 Å². The van der Waals surface area contributed by atoms with E-state index < -0.39 is 0 Å². The number of ether oxygens (including phenoxy) is 2. The van der Waals surface area contributed by atoms with Gasteiger partial charge in [0.15, 0.2) is 0 Å². The Morgan fingerprint density at radius 3 is 2.75 bits per heavy atom. The molecule has 188 valence electrons. The number of nitrogens with zero attached hydrogens (tertiary/aromatic N) is 1. The summed E-state index contributed by atoms with van der Waals surface area (Å²) in [6.07, 6.45) is 2.36. The van der Waals surface area contributed by atoms with Crippen molar-refractivity contribution in [3.8, 4) is 17.2 Å². The Bertz CT molecular complexity index is 1260. The summed E-state index contributed by atoms with van der Waals surface area (Å²) in [5.74, 6) is 1.67. The van der Waals surface area contributed by atoms with E-state index in [4.69, 9.17) is 21.1 Å².